The van der Waals surface area contributed by atoms with Crippen molar-refractivity contribution < 1.29 is 0 Å². The number of nitrogens with one attached hydrogen (secondary N) is 1. The van der Waals surface area contributed by atoms with Gasteiger partial charge in [-0.3, -0.25) is 0 Å². The quantitative estimate of drug-likeness (QED) is 0.874. The minimum Gasteiger partial charge on any atom is -0.335 e. The van der Waals surface area contributed by atoms with Gasteiger partial charge in [0.1, 0.15) is 5.82 Å². The molecule has 0 amide bonds. The van der Waals surface area contributed by atoms with Crippen molar-refractivity contribution in [2.75, 3.05) is 7.05 Å². The van der Waals surface area contributed by atoms with Crippen molar-refractivity contribution in [2.45, 2.75) is 33.4 Å². The first-order valence-corrected chi connectivity index (χ1v) is 6.47. The molecule has 1 N–H and O–H groups in total. The van der Waals surface area contributed by atoms with Gasteiger partial charge in [-0.25, -0.2) is 4.98 Å². The molecular weight excluding hydrogens is 222 g/mol. The molecule has 0 fully saturated rings. The van der Waals surface area contributed by atoms with E-state index in [0.29, 0.717) is 0 Å². The summed E-state index contributed by atoms with van der Waals surface area (Å²) in [4.78, 5) is 4.43. The van der Waals surface area contributed by atoms with Crippen LogP contribution in [0.1, 0.15) is 29.4 Å². The Balaban J connectivity index is 2.19. The van der Waals surface area contributed by atoms with Gasteiger partial charge in [-0.15, -0.1) is 0 Å². The predicted molar refractivity (Wildman–Crippen MR) is 74.6 cm³/mol. The summed E-state index contributed by atoms with van der Waals surface area (Å²) in [6.45, 7) is 6.22. The predicted octanol–water partition coefficient (Wildman–Crippen LogP) is 2.52. The molecule has 0 aliphatic carbocycles. The molecule has 2 rings (SSSR count). The maximum Gasteiger partial charge on any atom is 0.113 e. The van der Waals surface area contributed by atoms with E-state index in [2.05, 4.69) is 46.9 Å². The van der Waals surface area contributed by atoms with Crippen LogP contribution in [0.5, 0.6) is 0 Å². The third-order valence-corrected chi connectivity index (χ3v) is 3.28. The summed E-state index contributed by atoms with van der Waals surface area (Å²) in [5.41, 5.74) is 4.03. The average molecular weight is 243 g/mol. The third-order valence-electron chi connectivity index (χ3n) is 3.28. The van der Waals surface area contributed by atoms with Crippen molar-refractivity contribution in [1.82, 2.24) is 14.9 Å². The van der Waals surface area contributed by atoms with Crippen LogP contribution in [0.4, 0.5) is 0 Å². The number of benzene rings is 1. The standard InChI is InChI=1S/C15H21N3/c1-4-18-8-7-17-15(18)10-14-6-5-13(11-16-3)9-12(14)2/h5-9,16H,4,10-11H2,1-3H3. The zero-order chi connectivity index (χ0) is 13.0. The highest BCUT2D eigenvalue weighted by Crippen LogP contribution is 2.15. The second-order valence-electron chi connectivity index (χ2n) is 4.60. The molecule has 0 saturated carbocycles. The van der Waals surface area contributed by atoms with Gasteiger partial charge in [0, 0.05) is 31.9 Å². The lowest BCUT2D eigenvalue weighted by Crippen LogP contribution is -2.06. The van der Waals surface area contributed by atoms with E-state index in [-0.39, 0.29) is 0 Å². The Hall–Kier alpha value is -1.61. The van der Waals surface area contributed by atoms with Gasteiger partial charge in [0.2, 0.25) is 0 Å². The maximum atomic E-state index is 4.43. The zero-order valence-corrected chi connectivity index (χ0v) is 11.4. The molecule has 0 saturated heterocycles. The molecule has 3 nitrogen and oxygen atoms in total. The first-order chi connectivity index (χ1) is 8.74. The van der Waals surface area contributed by atoms with Crippen LogP contribution < -0.4 is 5.32 Å². The van der Waals surface area contributed by atoms with Crippen molar-refractivity contribution in [3.8, 4) is 0 Å². The first-order valence-electron chi connectivity index (χ1n) is 6.47. The van der Waals surface area contributed by atoms with Gasteiger partial charge < -0.3 is 9.88 Å². The minimum absolute atomic E-state index is 0.909. The summed E-state index contributed by atoms with van der Waals surface area (Å²) in [7, 11) is 1.97. The van der Waals surface area contributed by atoms with Gasteiger partial charge in [0.15, 0.2) is 0 Å². The Labute approximate surface area is 109 Å². The van der Waals surface area contributed by atoms with Crippen LogP contribution in [0, 0.1) is 6.92 Å². The first kappa shape index (κ1) is 12.8. The monoisotopic (exact) mass is 243 g/mol. The number of rotatable bonds is 5. The van der Waals surface area contributed by atoms with Gasteiger partial charge >= 0.3 is 0 Å². The van der Waals surface area contributed by atoms with Crippen LogP contribution in [0.25, 0.3) is 0 Å². The molecular formula is C15H21N3. The summed E-state index contributed by atoms with van der Waals surface area (Å²) >= 11 is 0. The van der Waals surface area contributed by atoms with Crippen molar-refractivity contribution in [3.05, 3.63) is 53.1 Å². The summed E-state index contributed by atoms with van der Waals surface area (Å²) in [6, 6.07) is 6.67. The van der Waals surface area contributed by atoms with Gasteiger partial charge in [-0.1, -0.05) is 18.2 Å². The number of aryl methyl sites for hydroxylation is 2. The largest absolute Gasteiger partial charge is 0.335 e. The van der Waals surface area contributed by atoms with Crippen LogP contribution in [0.2, 0.25) is 0 Å². The Morgan fingerprint density at radius 2 is 2.17 bits per heavy atom. The van der Waals surface area contributed by atoms with Crippen LogP contribution in [0.15, 0.2) is 30.6 Å². The molecule has 0 aliphatic heterocycles. The molecule has 0 bridgehead atoms. The van der Waals surface area contributed by atoms with E-state index >= 15 is 0 Å². The van der Waals surface area contributed by atoms with Crippen molar-refractivity contribution in [1.29, 1.82) is 0 Å². The van der Waals surface area contributed by atoms with E-state index in [1.807, 2.05) is 19.4 Å². The van der Waals surface area contributed by atoms with E-state index in [4.69, 9.17) is 0 Å². The SMILES string of the molecule is CCn1ccnc1Cc1ccc(CNC)cc1C. The molecule has 0 spiro atoms. The molecule has 0 unspecified atom stereocenters. The molecule has 2 aromatic rings. The Kier molecular flexibility index (Phi) is 4.15. The molecule has 1 heterocycles. The molecule has 0 atom stereocenters. The van der Waals surface area contributed by atoms with Crippen LogP contribution in [0.3, 0.4) is 0 Å². The number of imidazole rings is 1. The molecule has 0 radical (unpaired) electrons. The van der Waals surface area contributed by atoms with Crippen LogP contribution >= 0.6 is 0 Å². The maximum absolute atomic E-state index is 4.43. The summed E-state index contributed by atoms with van der Waals surface area (Å²) in [6.07, 6.45) is 4.83. The van der Waals surface area contributed by atoms with Gasteiger partial charge in [-0.2, -0.15) is 0 Å². The Morgan fingerprint density at radius 1 is 1.33 bits per heavy atom. The van der Waals surface area contributed by atoms with E-state index in [9.17, 15) is 0 Å². The molecule has 18 heavy (non-hydrogen) atoms. The molecule has 3 heteroatoms. The fourth-order valence-electron chi connectivity index (χ4n) is 2.24. The highest BCUT2D eigenvalue weighted by Gasteiger charge is 2.05. The number of aromatic nitrogens is 2. The lowest BCUT2D eigenvalue weighted by Gasteiger charge is -2.09. The fraction of sp³-hybridized carbons (Fsp3) is 0.400. The van der Waals surface area contributed by atoms with Gasteiger partial charge in [0.25, 0.3) is 0 Å². The molecule has 1 aromatic carbocycles. The summed E-state index contributed by atoms with van der Waals surface area (Å²) in [5.74, 6) is 1.14. The van der Waals surface area contributed by atoms with E-state index < -0.39 is 0 Å². The average Bonchev–Trinajstić information content (AvgIpc) is 2.80. The van der Waals surface area contributed by atoms with Crippen LogP contribution in [-0.2, 0) is 19.5 Å². The molecule has 96 valence electrons. The van der Waals surface area contributed by atoms with E-state index in [1.54, 1.807) is 0 Å². The Morgan fingerprint density at radius 3 is 2.83 bits per heavy atom. The summed E-state index contributed by atoms with van der Waals surface area (Å²) in [5, 5.41) is 3.18. The number of nitrogens with zero attached hydrogens (tertiary/aromatic N) is 2. The fourth-order valence-corrected chi connectivity index (χ4v) is 2.24. The highest BCUT2D eigenvalue weighted by atomic mass is 15.0. The minimum atomic E-state index is 0.909. The number of hydrogen-bond donors (Lipinski definition) is 1. The lowest BCUT2D eigenvalue weighted by molar-refractivity contribution is 0.711. The van der Waals surface area contributed by atoms with Crippen molar-refractivity contribution >= 4 is 0 Å². The summed E-state index contributed by atoms with van der Waals surface area (Å²) < 4.78 is 2.20. The second-order valence-corrected chi connectivity index (χ2v) is 4.60. The lowest BCUT2D eigenvalue weighted by atomic mass is 10.0. The number of hydrogen-bond acceptors (Lipinski definition) is 2. The topological polar surface area (TPSA) is 29.9 Å². The van der Waals surface area contributed by atoms with Crippen molar-refractivity contribution in [2.24, 2.45) is 0 Å². The van der Waals surface area contributed by atoms with Gasteiger partial charge in [0.05, 0.1) is 0 Å². The smallest absolute Gasteiger partial charge is 0.113 e. The van der Waals surface area contributed by atoms with Crippen LogP contribution in [-0.4, -0.2) is 16.6 Å². The molecule has 1 aromatic heterocycles. The normalized spacial score (nSPS) is 10.8. The second kappa shape index (κ2) is 5.83. The van der Waals surface area contributed by atoms with E-state index in [0.717, 1.165) is 25.3 Å². The van der Waals surface area contributed by atoms with Crippen molar-refractivity contribution in [3.63, 3.8) is 0 Å². The zero-order valence-electron chi connectivity index (χ0n) is 11.4. The van der Waals surface area contributed by atoms with Gasteiger partial charge in [-0.05, 0) is 37.6 Å². The Bertz CT molecular complexity index is 514. The molecule has 0 aliphatic rings. The van der Waals surface area contributed by atoms with E-state index in [1.165, 1.54) is 16.7 Å². The third kappa shape index (κ3) is 2.79. The highest BCUT2D eigenvalue weighted by molar-refractivity contribution is 5.33.